The van der Waals surface area contributed by atoms with Gasteiger partial charge in [-0.1, -0.05) is 206 Å². The first-order chi connectivity index (χ1) is 30.6. The van der Waals surface area contributed by atoms with Crippen LogP contribution in [0.5, 0.6) is 0 Å². The molecular weight excluding hydrogens is 855 g/mol. The van der Waals surface area contributed by atoms with Gasteiger partial charge in [0.05, 0.1) is 0 Å². The first-order valence-corrected chi connectivity index (χ1v) is 29.5. The molecule has 0 aromatic heterocycles. The molecule has 0 aliphatic rings. The van der Waals surface area contributed by atoms with E-state index in [1.165, 1.54) is 89.0 Å². The fourth-order valence-corrected chi connectivity index (χ4v) is 20.3. The van der Waals surface area contributed by atoms with Gasteiger partial charge >= 0.3 is 0 Å². The predicted octanol–water partition coefficient (Wildman–Crippen LogP) is 21.3. The highest BCUT2D eigenvalue weighted by molar-refractivity contribution is 7.69. The molecule has 68 heavy (non-hydrogen) atoms. The lowest BCUT2D eigenvalue weighted by atomic mass is 9.79. The SMILES string of the molecule is Cc1c(C)c(C)c(P(C(C)(C)C)C(C)(C)C)c(-c2c(C(C)C)cc(C(C)C)cc2C(C)C)c1C.Cc1c(C)c(C)c(P(C(C)(C)C)C(C)(C)C)c(-c2c(C(C)C)cc(C(C)C)cc2C(C)C)c1C. The van der Waals surface area contributed by atoms with Crippen molar-refractivity contribution >= 4 is 26.5 Å². The summed E-state index contributed by atoms with van der Waals surface area (Å²) in [6, 6.07) is 10.1. The number of hydrogen-bond donors (Lipinski definition) is 0. The minimum absolute atomic E-state index is 0.217. The van der Waals surface area contributed by atoms with Crippen LogP contribution < -0.4 is 10.6 Å². The lowest BCUT2D eigenvalue weighted by Crippen LogP contribution is -2.34. The van der Waals surface area contributed by atoms with Gasteiger partial charge in [0.1, 0.15) is 0 Å². The molecule has 0 N–H and O–H groups in total. The zero-order valence-electron chi connectivity index (χ0n) is 50.7. The van der Waals surface area contributed by atoms with Gasteiger partial charge in [-0.15, -0.1) is 0 Å². The molecule has 0 heterocycles. The van der Waals surface area contributed by atoms with E-state index in [1.807, 2.05) is 0 Å². The van der Waals surface area contributed by atoms with E-state index in [0.717, 1.165) is 0 Å². The summed E-state index contributed by atoms with van der Waals surface area (Å²) in [6.45, 7) is 76.9. The van der Waals surface area contributed by atoms with E-state index in [2.05, 4.69) is 246 Å². The molecule has 0 saturated heterocycles. The molecule has 0 unspecified atom stereocenters. The Morgan fingerprint density at radius 2 is 0.456 bits per heavy atom. The van der Waals surface area contributed by atoms with Crippen LogP contribution in [0, 0.1) is 55.4 Å². The molecule has 4 aromatic carbocycles. The van der Waals surface area contributed by atoms with Crippen LogP contribution in [0.3, 0.4) is 0 Å². The largest absolute Gasteiger partial charge is 0.0633 e. The summed E-state index contributed by atoms with van der Waals surface area (Å²) in [6.07, 6.45) is 0. The minimum atomic E-state index is -0.431. The summed E-state index contributed by atoms with van der Waals surface area (Å²) in [7, 11) is -0.863. The van der Waals surface area contributed by atoms with Crippen LogP contribution in [0.2, 0.25) is 0 Å². The predicted molar refractivity (Wildman–Crippen MR) is 318 cm³/mol. The van der Waals surface area contributed by atoms with Crippen molar-refractivity contribution in [3.05, 3.63) is 102 Å². The second kappa shape index (κ2) is 21.8. The molecule has 2 heteroatoms. The first kappa shape index (κ1) is 60.0. The van der Waals surface area contributed by atoms with E-state index in [-0.39, 0.29) is 20.6 Å². The monoisotopic (exact) mass is 961 g/mol. The van der Waals surface area contributed by atoms with Crippen molar-refractivity contribution in [1.82, 2.24) is 0 Å². The maximum atomic E-state index is 2.53. The molecule has 4 aromatic rings. The zero-order valence-corrected chi connectivity index (χ0v) is 52.5. The quantitative estimate of drug-likeness (QED) is 0.139. The third-order valence-electron chi connectivity index (χ3n) is 15.2. The van der Waals surface area contributed by atoms with Crippen LogP contribution in [0.1, 0.15) is 280 Å². The number of rotatable bonds is 10. The van der Waals surface area contributed by atoms with Crippen LogP contribution in [0.25, 0.3) is 22.3 Å². The van der Waals surface area contributed by atoms with Crippen LogP contribution in [0.15, 0.2) is 24.3 Å². The Balaban J connectivity index is 0.000000360. The Morgan fingerprint density at radius 3 is 0.618 bits per heavy atom. The molecule has 0 aliphatic heterocycles. The maximum Gasteiger partial charge on any atom is -0.00660 e. The highest BCUT2D eigenvalue weighted by Gasteiger charge is 2.42. The van der Waals surface area contributed by atoms with Gasteiger partial charge in [-0.05, 0) is 222 Å². The van der Waals surface area contributed by atoms with Crippen molar-refractivity contribution in [2.24, 2.45) is 0 Å². The zero-order chi connectivity index (χ0) is 53.0. The van der Waals surface area contributed by atoms with Crippen LogP contribution in [0.4, 0.5) is 0 Å². The van der Waals surface area contributed by atoms with E-state index in [4.69, 9.17) is 0 Å². The van der Waals surface area contributed by atoms with Gasteiger partial charge in [0, 0.05) is 0 Å². The van der Waals surface area contributed by atoms with Crippen LogP contribution in [-0.2, 0) is 0 Å². The second-order valence-corrected chi connectivity index (χ2v) is 34.5. The molecule has 0 fully saturated rings. The average Bonchev–Trinajstić information content (AvgIpc) is 3.17. The first-order valence-electron chi connectivity index (χ1n) is 26.8. The van der Waals surface area contributed by atoms with Gasteiger partial charge in [0.15, 0.2) is 0 Å². The molecule has 4 rings (SSSR count). The Labute approximate surface area is 426 Å². The molecule has 0 atom stereocenters. The molecule has 0 saturated carbocycles. The summed E-state index contributed by atoms with van der Waals surface area (Å²) >= 11 is 0. The molecule has 380 valence electrons. The molecule has 0 radical (unpaired) electrons. The molecule has 0 spiro atoms. The molecular formula is C66H106P2. The topological polar surface area (TPSA) is 0 Å². The second-order valence-electron chi connectivity index (χ2n) is 26.9. The minimum Gasteiger partial charge on any atom is -0.0633 e. The van der Waals surface area contributed by atoms with Crippen molar-refractivity contribution in [2.45, 2.75) is 278 Å². The van der Waals surface area contributed by atoms with Crippen molar-refractivity contribution in [2.75, 3.05) is 0 Å². The Hall–Kier alpha value is -2.26. The van der Waals surface area contributed by atoms with E-state index in [0.29, 0.717) is 35.5 Å². The standard InChI is InChI=1S/2C33H53P/c2*1-19(2)26-17-27(20(3)4)30(28(18-26)21(5)6)29-24(9)22(7)23(8)25(10)31(29)34(32(11,12)13)33(14,15)16/h2*17-21H,1-16H3. The van der Waals surface area contributed by atoms with E-state index < -0.39 is 15.8 Å². The Kier molecular flexibility index (Phi) is 19.3. The van der Waals surface area contributed by atoms with Gasteiger partial charge in [-0.3, -0.25) is 0 Å². The summed E-state index contributed by atoms with van der Waals surface area (Å²) in [5.41, 5.74) is 27.1. The number of benzene rings is 4. The highest BCUT2D eigenvalue weighted by Crippen LogP contribution is 2.63. The van der Waals surface area contributed by atoms with E-state index in [1.54, 1.807) is 21.7 Å². The summed E-state index contributed by atoms with van der Waals surface area (Å²) in [5, 5.41) is 4.17. The fraction of sp³-hybridized carbons (Fsp3) is 0.636. The van der Waals surface area contributed by atoms with Crippen molar-refractivity contribution in [3.8, 4) is 22.3 Å². The van der Waals surface area contributed by atoms with E-state index >= 15 is 0 Å². The summed E-state index contributed by atoms with van der Waals surface area (Å²) < 4.78 is 0. The van der Waals surface area contributed by atoms with Gasteiger partial charge in [-0.25, -0.2) is 0 Å². The van der Waals surface area contributed by atoms with Crippen LogP contribution in [-0.4, -0.2) is 20.6 Å². The Bertz CT molecular complexity index is 2160. The van der Waals surface area contributed by atoms with Crippen LogP contribution >= 0.6 is 15.8 Å². The van der Waals surface area contributed by atoms with E-state index in [9.17, 15) is 0 Å². The summed E-state index contributed by atoms with van der Waals surface area (Å²) in [5.74, 6) is 3.00. The summed E-state index contributed by atoms with van der Waals surface area (Å²) in [4.78, 5) is 0. The lowest BCUT2D eigenvalue weighted by molar-refractivity contribution is 0.714. The number of hydrogen-bond acceptors (Lipinski definition) is 0. The molecule has 0 bridgehead atoms. The molecule has 0 aliphatic carbocycles. The van der Waals surface area contributed by atoms with Crippen molar-refractivity contribution in [1.29, 1.82) is 0 Å². The van der Waals surface area contributed by atoms with Gasteiger partial charge in [0.25, 0.3) is 0 Å². The smallest absolute Gasteiger partial charge is 0.00660 e. The normalized spacial score (nSPS) is 13.2. The molecule has 0 amide bonds. The fourth-order valence-electron chi connectivity index (χ4n) is 11.6. The van der Waals surface area contributed by atoms with Gasteiger partial charge in [0.2, 0.25) is 0 Å². The third kappa shape index (κ3) is 12.5. The Morgan fingerprint density at radius 1 is 0.265 bits per heavy atom. The lowest BCUT2D eigenvalue weighted by Gasteiger charge is -2.45. The van der Waals surface area contributed by atoms with Gasteiger partial charge < -0.3 is 0 Å². The average molecular weight is 962 g/mol. The van der Waals surface area contributed by atoms with Gasteiger partial charge in [-0.2, -0.15) is 0 Å². The third-order valence-corrected chi connectivity index (χ3v) is 22.6. The highest BCUT2D eigenvalue weighted by atomic mass is 31.1. The maximum absolute atomic E-state index is 2.53. The van der Waals surface area contributed by atoms with Crippen molar-refractivity contribution < 1.29 is 0 Å². The molecule has 0 nitrogen and oxygen atoms in total. The van der Waals surface area contributed by atoms with Crippen molar-refractivity contribution in [3.63, 3.8) is 0 Å².